The van der Waals surface area contributed by atoms with E-state index in [1.807, 2.05) is 42.1 Å². The van der Waals surface area contributed by atoms with E-state index < -0.39 is 5.97 Å². The lowest BCUT2D eigenvalue weighted by Gasteiger charge is -2.12. The van der Waals surface area contributed by atoms with E-state index in [9.17, 15) is 9.90 Å². The summed E-state index contributed by atoms with van der Waals surface area (Å²) < 4.78 is 2.93. The molecule has 0 aliphatic rings. The van der Waals surface area contributed by atoms with Crippen LogP contribution in [0, 0.1) is 5.92 Å². The van der Waals surface area contributed by atoms with Gasteiger partial charge in [-0.3, -0.25) is 4.79 Å². The van der Waals surface area contributed by atoms with Gasteiger partial charge < -0.3 is 9.67 Å². The molecule has 20 heavy (non-hydrogen) atoms. The van der Waals surface area contributed by atoms with Gasteiger partial charge in [0.25, 0.3) is 0 Å². The average molecular weight is 337 g/mol. The van der Waals surface area contributed by atoms with Gasteiger partial charge in [0.05, 0.1) is 5.92 Å². The van der Waals surface area contributed by atoms with Crippen molar-refractivity contribution in [3.8, 4) is 0 Å². The van der Waals surface area contributed by atoms with E-state index >= 15 is 0 Å². The molecule has 0 bridgehead atoms. The van der Waals surface area contributed by atoms with Gasteiger partial charge in [0.1, 0.15) is 5.82 Å². The van der Waals surface area contributed by atoms with Crippen molar-refractivity contribution < 1.29 is 9.90 Å². The first-order valence-corrected chi connectivity index (χ1v) is 7.29. The van der Waals surface area contributed by atoms with Crippen molar-refractivity contribution in [1.29, 1.82) is 0 Å². The fourth-order valence-corrected chi connectivity index (χ4v) is 2.42. The normalized spacial score (nSPS) is 12.3. The molecule has 2 rings (SSSR count). The highest BCUT2D eigenvalue weighted by molar-refractivity contribution is 9.10. The van der Waals surface area contributed by atoms with Gasteiger partial charge in [0.15, 0.2) is 0 Å². The smallest absolute Gasteiger partial charge is 0.306 e. The Balaban J connectivity index is 1.99. The van der Waals surface area contributed by atoms with Crippen molar-refractivity contribution in [2.45, 2.75) is 19.3 Å². The van der Waals surface area contributed by atoms with Gasteiger partial charge in [-0.05, 0) is 30.5 Å². The molecule has 2 aromatic rings. The maximum Gasteiger partial charge on any atom is 0.306 e. The van der Waals surface area contributed by atoms with E-state index in [4.69, 9.17) is 0 Å². The number of halogens is 1. The number of carboxylic acids is 1. The Morgan fingerprint density at radius 1 is 1.40 bits per heavy atom. The van der Waals surface area contributed by atoms with Crippen LogP contribution >= 0.6 is 15.9 Å². The quantitative estimate of drug-likeness (QED) is 0.881. The minimum Gasteiger partial charge on any atom is -0.481 e. The molecule has 5 heteroatoms. The van der Waals surface area contributed by atoms with Crippen LogP contribution in [-0.2, 0) is 24.7 Å². The van der Waals surface area contributed by atoms with Crippen molar-refractivity contribution in [3.63, 3.8) is 0 Å². The number of aryl methyl sites for hydroxylation is 2. The summed E-state index contributed by atoms with van der Waals surface area (Å²) in [7, 11) is 1.92. The number of carboxylic acid groups (broad SMARTS) is 1. The Morgan fingerprint density at radius 2 is 2.10 bits per heavy atom. The van der Waals surface area contributed by atoms with Gasteiger partial charge >= 0.3 is 5.97 Å². The third-order valence-electron chi connectivity index (χ3n) is 3.38. The Kier molecular flexibility index (Phi) is 4.95. The number of aromatic nitrogens is 2. The molecule has 0 radical (unpaired) electrons. The number of rotatable bonds is 6. The topological polar surface area (TPSA) is 55.1 Å². The minimum atomic E-state index is -0.748. The lowest BCUT2D eigenvalue weighted by atomic mass is 9.95. The highest BCUT2D eigenvalue weighted by Gasteiger charge is 2.18. The van der Waals surface area contributed by atoms with Gasteiger partial charge in [0.2, 0.25) is 0 Å². The van der Waals surface area contributed by atoms with Crippen LogP contribution in [0.1, 0.15) is 17.8 Å². The molecular formula is C15H17BrN2O2. The van der Waals surface area contributed by atoms with Crippen LogP contribution in [0.4, 0.5) is 0 Å². The standard InChI is InChI=1S/C15H17BrN2O2/c1-18-9-8-17-14(18)7-4-12(15(19)20)10-11-2-5-13(16)6-3-11/h2-3,5-6,8-9,12H,4,7,10H2,1H3,(H,19,20). The Labute approximate surface area is 126 Å². The SMILES string of the molecule is Cn1ccnc1CCC(Cc1ccc(Br)cc1)C(=O)O. The Morgan fingerprint density at radius 3 is 2.65 bits per heavy atom. The second-order valence-electron chi connectivity index (χ2n) is 4.86. The minimum absolute atomic E-state index is 0.382. The summed E-state index contributed by atoms with van der Waals surface area (Å²) in [6.07, 6.45) is 5.43. The molecule has 0 aliphatic carbocycles. The predicted octanol–water partition coefficient (Wildman–Crippen LogP) is 3.06. The first-order chi connectivity index (χ1) is 9.56. The highest BCUT2D eigenvalue weighted by atomic mass is 79.9. The summed E-state index contributed by atoms with van der Waals surface area (Å²) in [4.78, 5) is 15.6. The molecule has 1 aromatic carbocycles. The van der Waals surface area contributed by atoms with E-state index in [1.54, 1.807) is 6.20 Å². The Bertz CT molecular complexity index is 578. The molecule has 1 N–H and O–H groups in total. The first kappa shape index (κ1) is 14.8. The number of aliphatic carboxylic acids is 1. The average Bonchev–Trinajstić information content (AvgIpc) is 2.82. The molecule has 0 spiro atoms. The predicted molar refractivity (Wildman–Crippen MR) is 80.5 cm³/mol. The van der Waals surface area contributed by atoms with Crippen molar-refractivity contribution in [1.82, 2.24) is 9.55 Å². The fourth-order valence-electron chi connectivity index (χ4n) is 2.16. The van der Waals surface area contributed by atoms with Crippen LogP contribution in [0.15, 0.2) is 41.1 Å². The molecule has 1 unspecified atom stereocenters. The zero-order chi connectivity index (χ0) is 14.5. The number of hydrogen-bond acceptors (Lipinski definition) is 2. The summed E-state index contributed by atoms with van der Waals surface area (Å²) in [5.74, 6) is -0.206. The molecule has 0 aliphatic heterocycles. The maximum absolute atomic E-state index is 11.4. The molecular weight excluding hydrogens is 320 g/mol. The van der Waals surface area contributed by atoms with Crippen molar-refractivity contribution in [3.05, 3.63) is 52.5 Å². The monoisotopic (exact) mass is 336 g/mol. The van der Waals surface area contributed by atoms with Crippen LogP contribution in [0.25, 0.3) is 0 Å². The van der Waals surface area contributed by atoms with E-state index in [-0.39, 0.29) is 5.92 Å². The van der Waals surface area contributed by atoms with E-state index in [1.165, 1.54) is 0 Å². The number of benzene rings is 1. The number of carbonyl (C=O) groups is 1. The molecule has 0 fully saturated rings. The van der Waals surface area contributed by atoms with Crippen molar-refractivity contribution in [2.24, 2.45) is 13.0 Å². The highest BCUT2D eigenvalue weighted by Crippen LogP contribution is 2.17. The third kappa shape index (κ3) is 3.93. The van der Waals surface area contributed by atoms with Crippen LogP contribution in [0.2, 0.25) is 0 Å². The maximum atomic E-state index is 11.4. The summed E-state index contributed by atoms with van der Waals surface area (Å²) in [6, 6.07) is 7.79. The molecule has 1 atom stereocenters. The van der Waals surface area contributed by atoms with Crippen LogP contribution < -0.4 is 0 Å². The van der Waals surface area contributed by atoms with Crippen molar-refractivity contribution >= 4 is 21.9 Å². The van der Waals surface area contributed by atoms with Gasteiger partial charge in [-0.25, -0.2) is 4.98 Å². The largest absolute Gasteiger partial charge is 0.481 e. The molecule has 4 nitrogen and oxygen atoms in total. The third-order valence-corrected chi connectivity index (χ3v) is 3.91. The van der Waals surface area contributed by atoms with Crippen molar-refractivity contribution in [2.75, 3.05) is 0 Å². The lowest BCUT2D eigenvalue weighted by molar-refractivity contribution is -0.141. The van der Waals surface area contributed by atoms with E-state index in [2.05, 4.69) is 20.9 Å². The molecule has 106 valence electrons. The van der Waals surface area contributed by atoms with E-state index in [0.717, 1.165) is 15.9 Å². The van der Waals surface area contributed by atoms with Crippen LogP contribution in [0.3, 0.4) is 0 Å². The van der Waals surface area contributed by atoms with Gasteiger partial charge in [-0.15, -0.1) is 0 Å². The van der Waals surface area contributed by atoms with Gasteiger partial charge in [0, 0.05) is 30.3 Å². The molecule has 1 heterocycles. The zero-order valence-corrected chi connectivity index (χ0v) is 12.9. The molecule has 1 aromatic heterocycles. The van der Waals surface area contributed by atoms with Crippen LogP contribution in [-0.4, -0.2) is 20.6 Å². The number of hydrogen-bond donors (Lipinski definition) is 1. The van der Waals surface area contributed by atoms with Crippen LogP contribution in [0.5, 0.6) is 0 Å². The molecule has 0 amide bonds. The number of imidazole rings is 1. The second kappa shape index (κ2) is 6.70. The zero-order valence-electron chi connectivity index (χ0n) is 11.3. The first-order valence-electron chi connectivity index (χ1n) is 6.49. The molecule has 0 saturated carbocycles. The van der Waals surface area contributed by atoms with E-state index in [0.29, 0.717) is 19.3 Å². The summed E-state index contributed by atoms with van der Waals surface area (Å²) in [5.41, 5.74) is 1.04. The summed E-state index contributed by atoms with van der Waals surface area (Å²) in [5, 5.41) is 9.35. The summed E-state index contributed by atoms with van der Waals surface area (Å²) >= 11 is 3.38. The number of nitrogens with zero attached hydrogens (tertiary/aromatic N) is 2. The lowest BCUT2D eigenvalue weighted by Crippen LogP contribution is -2.18. The summed E-state index contributed by atoms with van der Waals surface area (Å²) in [6.45, 7) is 0. The fraction of sp³-hybridized carbons (Fsp3) is 0.333. The van der Waals surface area contributed by atoms with Gasteiger partial charge in [-0.2, -0.15) is 0 Å². The molecule has 0 saturated heterocycles. The second-order valence-corrected chi connectivity index (χ2v) is 5.77. The van der Waals surface area contributed by atoms with Gasteiger partial charge in [-0.1, -0.05) is 28.1 Å². The Hall–Kier alpha value is -1.62.